The molecule has 1 aromatic heterocycles. The van der Waals surface area contributed by atoms with Crippen LogP contribution in [0.4, 0.5) is 5.13 Å². The van der Waals surface area contributed by atoms with Gasteiger partial charge in [-0.2, -0.15) is 8.42 Å². The van der Waals surface area contributed by atoms with Crippen LogP contribution in [0.3, 0.4) is 0 Å². The fourth-order valence-corrected chi connectivity index (χ4v) is 4.51. The minimum atomic E-state index is -4.81. The number of oxime groups is 1. The van der Waals surface area contributed by atoms with Crippen LogP contribution in [0.2, 0.25) is 0 Å². The summed E-state index contributed by atoms with van der Waals surface area (Å²) in [5, 5.41) is 24.1. The number of benzene rings is 1. The van der Waals surface area contributed by atoms with E-state index in [0.717, 1.165) is 11.3 Å². The van der Waals surface area contributed by atoms with Crippen LogP contribution in [0, 0.1) is 5.41 Å². The molecule has 1 aliphatic rings. The zero-order valence-corrected chi connectivity index (χ0v) is 20.5. The fourth-order valence-electron chi connectivity index (χ4n) is 3.08. The number of carbonyl (C=O) groups excluding carboxylic acids is 2. The van der Waals surface area contributed by atoms with Crippen molar-refractivity contribution in [2.75, 3.05) is 12.3 Å². The van der Waals surface area contributed by atoms with Crippen molar-refractivity contribution in [2.45, 2.75) is 25.1 Å². The lowest BCUT2D eigenvalue weighted by Crippen LogP contribution is -2.71. The SMILES string of the molecule is C[C@H]1[C@H](NC(=O)/C(=N\O[C@@H](COc2ccc(C(=N)N)cc2)C(=O)O)c2csc(N)n2)C(=O)N1S(=O)(=O)O. The Balaban J connectivity index is 1.75. The van der Waals surface area contributed by atoms with E-state index in [-0.39, 0.29) is 26.7 Å². The van der Waals surface area contributed by atoms with Crippen LogP contribution in [-0.2, 0) is 29.5 Å². The van der Waals surface area contributed by atoms with Gasteiger partial charge in [-0.15, -0.1) is 11.3 Å². The van der Waals surface area contributed by atoms with E-state index in [1.165, 1.54) is 36.6 Å². The first-order valence-corrected chi connectivity index (χ1v) is 12.4. The second kappa shape index (κ2) is 10.8. The summed E-state index contributed by atoms with van der Waals surface area (Å²) in [6, 6.07) is 3.47. The highest BCUT2D eigenvalue weighted by molar-refractivity contribution is 7.84. The quantitative estimate of drug-likeness (QED) is 0.0626. The summed E-state index contributed by atoms with van der Waals surface area (Å²) < 4.78 is 37.2. The third-order valence-corrected chi connectivity index (χ3v) is 6.65. The maximum atomic E-state index is 12.9. The topological polar surface area (TPSA) is 261 Å². The number of nitrogens with two attached hydrogens (primary N) is 2. The molecule has 0 saturated carbocycles. The number of thiazole rings is 1. The van der Waals surface area contributed by atoms with E-state index in [9.17, 15) is 27.9 Å². The van der Waals surface area contributed by atoms with Gasteiger partial charge in [0.1, 0.15) is 29.9 Å². The van der Waals surface area contributed by atoms with Crippen molar-refractivity contribution in [1.29, 1.82) is 5.41 Å². The van der Waals surface area contributed by atoms with Crippen molar-refractivity contribution in [1.82, 2.24) is 14.6 Å². The molecular weight excluding hydrogens is 534 g/mol. The van der Waals surface area contributed by atoms with Gasteiger partial charge in [-0.3, -0.25) is 19.6 Å². The smallest absolute Gasteiger partial charge is 0.362 e. The number of rotatable bonds is 11. The number of amides is 2. The summed E-state index contributed by atoms with van der Waals surface area (Å²) in [4.78, 5) is 45.6. The lowest BCUT2D eigenvalue weighted by Gasteiger charge is -2.42. The highest BCUT2D eigenvalue weighted by Gasteiger charge is 2.51. The van der Waals surface area contributed by atoms with Gasteiger partial charge in [-0.05, 0) is 31.2 Å². The number of amidine groups is 1. The summed E-state index contributed by atoms with van der Waals surface area (Å²) in [7, 11) is -4.81. The molecule has 3 atom stereocenters. The minimum absolute atomic E-state index is 0.0493. The molecular formula is C19H21N7O9S2. The number of carboxylic acid groups (broad SMARTS) is 1. The Labute approximate surface area is 213 Å². The van der Waals surface area contributed by atoms with Crippen LogP contribution >= 0.6 is 11.3 Å². The number of β-lactam (4-membered cyclic amide) rings is 1. The monoisotopic (exact) mass is 555 g/mol. The van der Waals surface area contributed by atoms with Gasteiger partial charge in [0.25, 0.3) is 17.9 Å². The number of aliphatic carboxylic acids is 1. The number of nitrogens with one attached hydrogen (secondary N) is 2. The molecule has 2 aromatic rings. The number of anilines is 1. The Morgan fingerprint density at radius 2 is 2.00 bits per heavy atom. The first-order chi connectivity index (χ1) is 17.3. The maximum absolute atomic E-state index is 12.9. The summed E-state index contributed by atoms with van der Waals surface area (Å²) in [6.45, 7) is 0.739. The number of nitrogens with zero attached hydrogens (tertiary/aromatic N) is 3. The van der Waals surface area contributed by atoms with Gasteiger partial charge in [-0.25, -0.2) is 14.1 Å². The number of nitrogen functional groups attached to an aromatic ring is 2. The lowest BCUT2D eigenvalue weighted by molar-refractivity contribution is -0.152. The minimum Gasteiger partial charge on any atom is -0.489 e. The predicted molar refractivity (Wildman–Crippen MR) is 128 cm³/mol. The number of carbonyl (C=O) groups is 3. The molecule has 0 radical (unpaired) electrons. The van der Waals surface area contributed by atoms with Gasteiger partial charge in [0, 0.05) is 10.9 Å². The Bertz CT molecular complexity index is 1360. The second-order valence-corrected chi connectivity index (χ2v) is 9.67. The van der Waals surface area contributed by atoms with Gasteiger partial charge in [-0.1, -0.05) is 5.16 Å². The first-order valence-electron chi connectivity index (χ1n) is 10.2. The van der Waals surface area contributed by atoms with Gasteiger partial charge in [0.05, 0.1) is 6.04 Å². The van der Waals surface area contributed by atoms with Gasteiger partial charge in [0.2, 0.25) is 0 Å². The molecule has 198 valence electrons. The molecule has 0 spiro atoms. The second-order valence-electron chi connectivity index (χ2n) is 7.50. The summed E-state index contributed by atoms with van der Waals surface area (Å²) in [6.07, 6.45) is -1.69. The molecule has 18 heteroatoms. The van der Waals surface area contributed by atoms with Crippen molar-refractivity contribution >= 4 is 56.1 Å². The van der Waals surface area contributed by atoms with Gasteiger partial charge >= 0.3 is 16.3 Å². The van der Waals surface area contributed by atoms with E-state index in [1.807, 2.05) is 0 Å². The van der Waals surface area contributed by atoms with Crippen LogP contribution in [0.15, 0.2) is 34.8 Å². The maximum Gasteiger partial charge on any atom is 0.362 e. The van der Waals surface area contributed by atoms with E-state index in [1.54, 1.807) is 0 Å². The van der Waals surface area contributed by atoms with Crippen molar-refractivity contribution in [3.05, 3.63) is 40.9 Å². The largest absolute Gasteiger partial charge is 0.489 e. The summed E-state index contributed by atoms with van der Waals surface area (Å²) in [5.41, 5.74) is 10.8. The molecule has 16 nitrogen and oxygen atoms in total. The third kappa shape index (κ3) is 6.29. The Kier molecular flexibility index (Phi) is 7.94. The van der Waals surface area contributed by atoms with Gasteiger partial charge < -0.3 is 31.5 Å². The van der Waals surface area contributed by atoms with E-state index >= 15 is 0 Å². The van der Waals surface area contributed by atoms with Crippen molar-refractivity contribution in [3.63, 3.8) is 0 Å². The first kappa shape index (κ1) is 27.3. The zero-order chi connectivity index (χ0) is 27.5. The molecule has 0 aliphatic carbocycles. The standard InChI is InChI=1S/C19H21N7O9S2/c1-8-13(17(28)26(8)37(31,32)33)24-16(27)14(11-7-36-19(22)23-11)25-35-12(18(29)30)6-34-10-4-2-9(3-5-10)15(20)21/h2-5,7-8,12-13H,6H2,1H3,(H3,20,21)(H2,22,23)(H,24,27)(H,29,30)(H,31,32,33)/b25-14-/t8-,12-,13-/m0/s1. The normalized spacial score (nSPS) is 18.5. The molecule has 1 aliphatic heterocycles. The molecule has 0 bridgehead atoms. The molecule has 3 rings (SSSR count). The highest BCUT2D eigenvalue weighted by atomic mass is 32.2. The van der Waals surface area contributed by atoms with Crippen LogP contribution in [0.25, 0.3) is 0 Å². The Morgan fingerprint density at radius 3 is 2.49 bits per heavy atom. The molecule has 1 aromatic carbocycles. The number of hydrogen-bond acceptors (Lipinski definition) is 12. The van der Waals surface area contributed by atoms with E-state index in [0.29, 0.717) is 5.56 Å². The van der Waals surface area contributed by atoms with Crippen LogP contribution in [-0.4, -0.2) is 81.5 Å². The summed E-state index contributed by atoms with van der Waals surface area (Å²) >= 11 is 0.943. The molecule has 1 fully saturated rings. The van der Waals surface area contributed by atoms with Gasteiger partial charge in [0.15, 0.2) is 10.8 Å². The van der Waals surface area contributed by atoms with Crippen molar-refractivity contribution in [3.8, 4) is 5.75 Å². The van der Waals surface area contributed by atoms with E-state index in [2.05, 4.69) is 15.5 Å². The Hall–Kier alpha value is -4.29. The van der Waals surface area contributed by atoms with Crippen LogP contribution in [0.1, 0.15) is 18.2 Å². The number of aromatic nitrogens is 1. The Morgan fingerprint density at radius 1 is 1.35 bits per heavy atom. The number of hydrogen-bond donors (Lipinski definition) is 6. The van der Waals surface area contributed by atoms with E-state index < -0.39 is 58.6 Å². The van der Waals surface area contributed by atoms with Crippen LogP contribution < -0.4 is 21.5 Å². The average Bonchev–Trinajstić information content (AvgIpc) is 3.24. The lowest BCUT2D eigenvalue weighted by atomic mass is 10.0. The fraction of sp³-hybridized carbons (Fsp3) is 0.263. The van der Waals surface area contributed by atoms with Crippen molar-refractivity contribution < 1.29 is 42.0 Å². The molecule has 0 unspecified atom stereocenters. The third-order valence-electron chi connectivity index (χ3n) is 4.96. The number of carboxylic acids is 1. The van der Waals surface area contributed by atoms with Crippen LogP contribution in [0.5, 0.6) is 5.75 Å². The molecule has 37 heavy (non-hydrogen) atoms. The zero-order valence-electron chi connectivity index (χ0n) is 18.9. The highest BCUT2D eigenvalue weighted by Crippen LogP contribution is 2.23. The van der Waals surface area contributed by atoms with E-state index in [4.69, 9.17) is 31.0 Å². The molecule has 8 N–H and O–H groups in total. The predicted octanol–water partition coefficient (Wildman–Crippen LogP) is -1.22. The van der Waals surface area contributed by atoms with Crippen molar-refractivity contribution in [2.24, 2.45) is 10.9 Å². The number of ether oxygens (including phenoxy) is 1. The summed E-state index contributed by atoms with van der Waals surface area (Å²) in [5.74, 6) is -3.53. The average molecular weight is 556 g/mol. The molecule has 2 amide bonds. The molecule has 1 saturated heterocycles. The molecule has 2 heterocycles.